The van der Waals surface area contributed by atoms with Crippen LogP contribution in [0, 0.1) is 5.41 Å². The largest absolute Gasteiger partial charge is 0.315 e. The third-order valence-corrected chi connectivity index (χ3v) is 3.65. The minimum atomic E-state index is 0.483. The fourth-order valence-corrected chi connectivity index (χ4v) is 2.78. The van der Waals surface area contributed by atoms with E-state index in [1.54, 1.807) is 0 Å². The molecule has 1 unspecified atom stereocenters. The summed E-state index contributed by atoms with van der Waals surface area (Å²) in [5.41, 5.74) is 0.483. The Hall–Kier alpha value is -0.0800. The van der Waals surface area contributed by atoms with Gasteiger partial charge in [-0.25, -0.2) is 0 Å². The maximum Gasteiger partial charge on any atom is 0.0283 e. The predicted octanol–water partition coefficient (Wildman–Crippen LogP) is 1.47. The Morgan fingerprint density at radius 3 is 2.38 bits per heavy atom. The molecule has 1 atom stereocenters. The van der Waals surface area contributed by atoms with Crippen LogP contribution in [0.25, 0.3) is 0 Å². The third kappa shape index (κ3) is 1.89. The van der Waals surface area contributed by atoms with Crippen LogP contribution in [-0.2, 0) is 0 Å². The molecule has 13 heavy (non-hydrogen) atoms. The van der Waals surface area contributed by atoms with E-state index in [9.17, 15) is 0 Å². The minimum absolute atomic E-state index is 0.483. The van der Waals surface area contributed by atoms with Gasteiger partial charge in [0.15, 0.2) is 0 Å². The lowest BCUT2D eigenvalue weighted by Crippen LogP contribution is -2.47. The Bertz CT molecular complexity index is 171. The van der Waals surface area contributed by atoms with Gasteiger partial charge in [0.25, 0.3) is 0 Å². The monoisotopic (exact) mass is 182 g/mol. The number of rotatable bonds is 1. The zero-order chi connectivity index (χ0) is 9.31. The summed E-state index contributed by atoms with van der Waals surface area (Å²) in [5.74, 6) is 0. The van der Waals surface area contributed by atoms with Gasteiger partial charge < -0.3 is 5.32 Å². The van der Waals surface area contributed by atoms with Gasteiger partial charge in [-0.05, 0) is 31.3 Å². The van der Waals surface area contributed by atoms with Crippen molar-refractivity contribution in [3.05, 3.63) is 0 Å². The highest BCUT2D eigenvalue weighted by atomic mass is 15.2. The standard InChI is InChI=1S/C11H22N2/c1-11(2)9-12-8-10(11)13-6-4-3-5-7-13/h10,12H,3-9H2,1-2H3. The average molecular weight is 182 g/mol. The van der Waals surface area contributed by atoms with Crippen molar-refractivity contribution in [2.45, 2.75) is 39.2 Å². The number of nitrogens with one attached hydrogen (secondary N) is 1. The van der Waals surface area contributed by atoms with Gasteiger partial charge in [-0.15, -0.1) is 0 Å². The molecule has 2 aliphatic heterocycles. The smallest absolute Gasteiger partial charge is 0.0283 e. The van der Waals surface area contributed by atoms with Crippen LogP contribution in [0.2, 0.25) is 0 Å². The first-order valence-corrected chi connectivity index (χ1v) is 5.65. The lowest BCUT2D eigenvalue weighted by molar-refractivity contribution is 0.106. The first-order valence-electron chi connectivity index (χ1n) is 5.65. The number of piperidine rings is 1. The number of hydrogen-bond acceptors (Lipinski definition) is 2. The van der Waals surface area contributed by atoms with Crippen molar-refractivity contribution in [3.63, 3.8) is 0 Å². The summed E-state index contributed by atoms with van der Waals surface area (Å²) in [4.78, 5) is 2.70. The topological polar surface area (TPSA) is 15.3 Å². The second-order valence-electron chi connectivity index (χ2n) is 5.23. The molecule has 2 fully saturated rings. The summed E-state index contributed by atoms with van der Waals surface area (Å²) >= 11 is 0. The zero-order valence-corrected chi connectivity index (χ0v) is 8.97. The first-order chi connectivity index (χ1) is 6.20. The SMILES string of the molecule is CC1(C)CNCC1N1CCCCC1. The van der Waals surface area contributed by atoms with Crippen molar-refractivity contribution in [1.82, 2.24) is 10.2 Å². The summed E-state index contributed by atoms with van der Waals surface area (Å²) in [7, 11) is 0. The maximum absolute atomic E-state index is 3.52. The summed E-state index contributed by atoms with van der Waals surface area (Å²) in [6.45, 7) is 9.84. The molecule has 2 heteroatoms. The van der Waals surface area contributed by atoms with E-state index in [0.29, 0.717) is 5.41 Å². The minimum Gasteiger partial charge on any atom is -0.315 e. The van der Waals surface area contributed by atoms with E-state index in [4.69, 9.17) is 0 Å². The van der Waals surface area contributed by atoms with E-state index < -0.39 is 0 Å². The summed E-state index contributed by atoms with van der Waals surface area (Å²) in [6, 6.07) is 0.785. The third-order valence-electron chi connectivity index (χ3n) is 3.65. The molecule has 0 aromatic carbocycles. The Morgan fingerprint density at radius 1 is 1.15 bits per heavy atom. The van der Waals surface area contributed by atoms with Crippen LogP contribution in [0.1, 0.15) is 33.1 Å². The molecule has 2 rings (SSSR count). The molecule has 0 bridgehead atoms. The summed E-state index contributed by atoms with van der Waals surface area (Å²) < 4.78 is 0. The van der Waals surface area contributed by atoms with Crippen molar-refractivity contribution >= 4 is 0 Å². The highest BCUT2D eigenvalue weighted by Crippen LogP contribution is 2.30. The molecule has 0 saturated carbocycles. The van der Waals surface area contributed by atoms with Crippen molar-refractivity contribution in [2.75, 3.05) is 26.2 Å². The molecule has 0 amide bonds. The first kappa shape index (κ1) is 9.47. The Kier molecular flexibility index (Phi) is 2.61. The van der Waals surface area contributed by atoms with E-state index >= 15 is 0 Å². The van der Waals surface area contributed by atoms with Gasteiger partial charge in [-0.2, -0.15) is 0 Å². The number of hydrogen-bond donors (Lipinski definition) is 1. The van der Waals surface area contributed by atoms with Gasteiger partial charge >= 0.3 is 0 Å². The molecule has 0 spiro atoms. The van der Waals surface area contributed by atoms with E-state index in [-0.39, 0.29) is 0 Å². The van der Waals surface area contributed by atoms with E-state index in [2.05, 4.69) is 24.1 Å². The summed E-state index contributed by atoms with van der Waals surface area (Å²) in [6.07, 6.45) is 4.26. The van der Waals surface area contributed by atoms with E-state index in [0.717, 1.165) is 6.04 Å². The molecule has 0 aromatic rings. The van der Waals surface area contributed by atoms with Gasteiger partial charge in [-0.1, -0.05) is 20.3 Å². The molecule has 0 aliphatic carbocycles. The molecule has 2 aliphatic rings. The number of nitrogens with zero attached hydrogens (tertiary/aromatic N) is 1. The molecular formula is C11H22N2. The van der Waals surface area contributed by atoms with Crippen LogP contribution < -0.4 is 5.32 Å². The summed E-state index contributed by atoms with van der Waals surface area (Å²) in [5, 5.41) is 3.52. The van der Waals surface area contributed by atoms with Crippen LogP contribution in [0.4, 0.5) is 0 Å². The Labute approximate surface area is 81.7 Å². The van der Waals surface area contributed by atoms with Crippen molar-refractivity contribution in [3.8, 4) is 0 Å². The van der Waals surface area contributed by atoms with E-state index in [1.807, 2.05) is 0 Å². The van der Waals surface area contributed by atoms with Gasteiger partial charge in [0.05, 0.1) is 0 Å². The molecule has 2 saturated heterocycles. The molecule has 0 radical (unpaired) electrons. The lowest BCUT2D eigenvalue weighted by Gasteiger charge is -2.38. The quantitative estimate of drug-likeness (QED) is 0.660. The molecule has 0 aromatic heterocycles. The van der Waals surface area contributed by atoms with Gasteiger partial charge in [-0.3, -0.25) is 4.90 Å². The predicted molar refractivity (Wildman–Crippen MR) is 55.9 cm³/mol. The van der Waals surface area contributed by atoms with Crippen molar-refractivity contribution in [2.24, 2.45) is 5.41 Å². The van der Waals surface area contributed by atoms with Crippen molar-refractivity contribution < 1.29 is 0 Å². The molecular weight excluding hydrogens is 160 g/mol. The van der Waals surface area contributed by atoms with Gasteiger partial charge in [0.2, 0.25) is 0 Å². The molecule has 2 heterocycles. The fourth-order valence-electron chi connectivity index (χ4n) is 2.78. The normalized spacial score (nSPS) is 35.1. The van der Waals surface area contributed by atoms with Gasteiger partial charge in [0.1, 0.15) is 0 Å². The Balaban J connectivity index is 1.98. The van der Waals surface area contributed by atoms with Crippen LogP contribution in [0.3, 0.4) is 0 Å². The van der Waals surface area contributed by atoms with Gasteiger partial charge in [0, 0.05) is 19.1 Å². The fraction of sp³-hybridized carbons (Fsp3) is 1.00. The molecule has 1 N–H and O–H groups in total. The Morgan fingerprint density at radius 2 is 1.85 bits per heavy atom. The van der Waals surface area contributed by atoms with E-state index in [1.165, 1.54) is 45.4 Å². The van der Waals surface area contributed by atoms with Crippen LogP contribution in [-0.4, -0.2) is 37.1 Å². The second-order valence-corrected chi connectivity index (χ2v) is 5.23. The average Bonchev–Trinajstić information content (AvgIpc) is 2.47. The highest BCUT2D eigenvalue weighted by molar-refractivity contribution is 4.95. The second kappa shape index (κ2) is 3.58. The van der Waals surface area contributed by atoms with Crippen LogP contribution in [0.5, 0.6) is 0 Å². The van der Waals surface area contributed by atoms with Crippen molar-refractivity contribution in [1.29, 1.82) is 0 Å². The maximum atomic E-state index is 3.52. The lowest BCUT2D eigenvalue weighted by atomic mass is 9.86. The van der Waals surface area contributed by atoms with Crippen LogP contribution >= 0.6 is 0 Å². The highest BCUT2D eigenvalue weighted by Gasteiger charge is 2.38. The molecule has 76 valence electrons. The van der Waals surface area contributed by atoms with Crippen LogP contribution in [0.15, 0.2) is 0 Å². The molecule has 2 nitrogen and oxygen atoms in total. The number of likely N-dealkylation sites (tertiary alicyclic amines) is 1. The zero-order valence-electron chi connectivity index (χ0n) is 8.97.